The highest BCUT2D eigenvalue weighted by Gasteiger charge is 2.27. The van der Waals surface area contributed by atoms with Crippen LogP contribution >= 0.6 is 0 Å². The van der Waals surface area contributed by atoms with Gasteiger partial charge in [0.05, 0.1) is 11.5 Å². The third kappa shape index (κ3) is 4.94. The minimum Gasteiger partial charge on any atom is -0.365 e. The fourth-order valence-corrected chi connectivity index (χ4v) is 3.89. The highest BCUT2D eigenvalue weighted by Crippen LogP contribution is 2.15. The second kappa shape index (κ2) is 7.04. The van der Waals surface area contributed by atoms with Crippen molar-refractivity contribution in [1.29, 1.82) is 0 Å². The Morgan fingerprint density at radius 2 is 2.14 bits per heavy atom. The van der Waals surface area contributed by atoms with Gasteiger partial charge in [-0.3, -0.25) is 4.79 Å². The standard InChI is InChI=1S/C14H22N4O3S/c1-10(2)5-7-15-14(19)12-3-4-13(18-17-12)16-11-6-8-22(20,21)9-11/h3-4,10-11H,5-9H2,1-2H3,(H,15,19)(H,16,18). The first-order valence-corrected chi connectivity index (χ1v) is 9.27. The van der Waals surface area contributed by atoms with Crippen molar-refractivity contribution in [2.45, 2.75) is 32.7 Å². The number of aromatic nitrogens is 2. The molecule has 2 rings (SSSR count). The number of hydrogen-bond acceptors (Lipinski definition) is 6. The maximum Gasteiger partial charge on any atom is 0.271 e. The van der Waals surface area contributed by atoms with Crippen molar-refractivity contribution in [2.75, 3.05) is 23.4 Å². The molecule has 1 aromatic heterocycles. The van der Waals surface area contributed by atoms with Gasteiger partial charge < -0.3 is 10.6 Å². The van der Waals surface area contributed by atoms with Crippen molar-refractivity contribution in [3.05, 3.63) is 17.8 Å². The topological polar surface area (TPSA) is 101 Å². The zero-order chi connectivity index (χ0) is 16.2. The van der Waals surface area contributed by atoms with Crippen LogP contribution in [-0.4, -0.2) is 48.6 Å². The van der Waals surface area contributed by atoms with Crippen molar-refractivity contribution in [1.82, 2.24) is 15.5 Å². The fraction of sp³-hybridized carbons (Fsp3) is 0.643. The number of rotatable bonds is 6. The summed E-state index contributed by atoms with van der Waals surface area (Å²) in [5, 5.41) is 13.6. The summed E-state index contributed by atoms with van der Waals surface area (Å²) in [6.45, 7) is 4.80. The van der Waals surface area contributed by atoms with E-state index < -0.39 is 9.84 Å². The van der Waals surface area contributed by atoms with Crippen LogP contribution < -0.4 is 10.6 Å². The molecular formula is C14H22N4O3S. The van der Waals surface area contributed by atoms with E-state index in [2.05, 4.69) is 34.7 Å². The molecule has 1 unspecified atom stereocenters. The number of hydrogen-bond donors (Lipinski definition) is 2. The average molecular weight is 326 g/mol. The first-order valence-electron chi connectivity index (χ1n) is 7.44. The van der Waals surface area contributed by atoms with Crippen LogP contribution in [0, 0.1) is 5.92 Å². The monoisotopic (exact) mass is 326 g/mol. The predicted molar refractivity (Wildman–Crippen MR) is 84.5 cm³/mol. The molecule has 0 aromatic carbocycles. The second-order valence-corrected chi connectivity index (χ2v) is 8.22. The van der Waals surface area contributed by atoms with Crippen LogP contribution in [0.2, 0.25) is 0 Å². The smallest absolute Gasteiger partial charge is 0.271 e. The van der Waals surface area contributed by atoms with Crippen molar-refractivity contribution in [2.24, 2.45) is 5.92 Å². The third-order valence-corrected chi connectivity index (χ3v) is 5.26. The highest BCUT2D eigenvalue weighted by molar-refractivity contribution is 7.91. The number of carbonyl (C=O) groups is 1. The van der Waals surface area contributed by atoms with Crippen LogP contribution in [-0.2, 0) is 9.84 Å². The lowest BCUT2D eigenvalue weighted by atomic mass is 10.1. The molecule has 2 heterocycles. The maximum atomic E-state index is 11.9. The van der Waals surface area contributed by atoms with Crippen LogP contribution in [0.15, 0.2) is 12.1 Å². The van der Waals surface area contributed by atoms with Crippen LogP contribution in [0.4, 0.5) is 5.82 Å². The van der Waals surface area contributed by atoms with E-state index in [0.29, 0.717) is 24.7 Å². The van der Waals surface area contributed by atoms with Crippen molar-refractivity contribution >= 4 is 21.6 Å². The minimum absolute atomic E-state index is 0.117. The van der Waals surface area contributed by atoms with Gasteiger partial charge in [-0.25, -0.2) is 8.42 Å². The number of sulfone groups is 1. The number of nitrogens with one attached hydrogen (secondary N) is 2. The molecule has 1 aromatic rings. The van der Waals surface area contributed by atoms with E-state index in [9.17, 15) is 13.2 Å². The van der Waals surface area contributed by atoms with Crippen LogP contribution in [0.3, 0.4) is 0 Å². The molecule has 1 saturated heterocycles. The van der Waals surface area contributed by atoms with Gasteiger partial charge in [0.2, 0.25) is 0 Å². The predicted octanol–water partition coefficient (Wildman–Crippen LogP) is 0.851. The normalized spacial score (nSPS) is 20.0. The lowest BCUT2D eigenvalue weighted by Gasteiger charge is -2.11. The molecule has 1 amide bonds. The number of amides is 1. The molecule has 1 aliphatic heterocycles. The van der Waals surface area contributed by atoms with Gasteiger partial charge in [-0.1, -0.05) is 13.8 Å². The molecular weight excluding hydrogens is 304 g/mol. The molecule has 1 fully saturated rings. The SMILES string of the molecule is CC(C)CCNC(=O)c1ccc(NC2CCS(=O)(=O)C2)nn1. The van der Waals surface area contributed by atoms with Gasteiger partial charge in [0.1, 0.15) is 5.82 Å². The van der Waals surface area contributed by atoms with Gasteiger partial charge in [-0.2, -0.15) is 0 Å². The Morgan fingerprint density at radius 1 is 1.36 bits per heavy atom. The van der Waals surface area contributed by atoms with Gasteiger partial charge in [-0.05, 0) is 30.9 Å². The van der Waals surface area contributed by atoms with Gasteiger partial charge in [-0.15, -0.1) is 10.2 Å². The van der Waals surface area contributed by atoms with E-state index >= 15 is 0 Å². The quantitative estimate of drug-likeness (QED) is 0.804. The largest absolute Gasteiger partial charge is 0.365 e. The molecule has 0 bridgehead atoms. The van der Waals surface area contributed by atoms with E-state index in [1.54, 1.807) is 12.1 Å². The van der Waals surface area contributed by atoms with Crippen molar-refractivity contribution < 1.29 is 13.2 Å². The summed E-state index contributed by atoms with van der Waals surface area (Å²) in [7, 11) is -2.93. The summed E-state index contributed by atoms with van der Waals surface area (Å²) in [6, 6.07) is 3.10. The van der Waals surface area contributed by atoms with Crippen LogP contribution in [0.1, 0.15) is 37.2 Å². The molecule has 1 atom stereocenters. The molecule has 0 spiro atoms. The molecule has 1 aliphatic rings. The van der Waals surface area contributed by atoms with E-state index in [1.807, 2.05) is 0 Å². The molecule has 2 N–H and O–H groups in total. The number of nitrogens with zero attached hydrogens (tertiary/aromatic N) is 2. The maximum absolute atomic E-state index is 11.9. The molecule has 7 nitrogen and oxygen atoms in total. The van der Waals surface area contributed by atoms with Crippen molar-refractivity contribution in [3.63, 3.8) is 0 Å². The summed E-state index contributed by atoms with van der Waals surface area (Å²) < 4.78 is 22.8. The van der Waals surface area contributed by atoms with Gasteiger partial charge in [0.15, 0.2) is 15.5 Å². The Labute approximate surface area is 130 Å². The molecule has 0 saturated carbocycles. The summed E-state index contributed by atoms with van der Waals surface area (Å²) >= 11 is 0. The fourth-order valence-electron chi connectivity index (χ4n) is 2.21. The number of carbonyl (C=O) groups excluding carboxylic acids is 1. The second-order valence-electron chi connectivity index (χ2n) is 5.99. The molecule has 122 valence electrons. The summed E-state index contributed by atoms with van der Waals surface area (Å²) in [6.07, 6.45) is 1.48. The Bertz CT molecular complexity index is 613. The van der Waals surface area contributed by atoms with E-state index in [0.717, 1.165) is 6.42 Å². The van der Waals surface area contributed by atoms with Crippen LogP contribution in [0.25, 0.3) is 0 Å². The lowest BCUT2D eigenvalue weighted by Crippen LogP contribution is -2.27. The summed E-state index contributed by atoms with van der Waals surface area (Å²) in [4.78, 5) is 11.9. The number of anilines is 1. The average Bonchev–Trinajstić information content (AvgIpc) is 2.78. The van der Waals surface area contributed by atoms with E-state index in [1.165, 1.54) is 0 Å². The Kier molecular flexibility index (Phi) is 5.33. The third-order valence-electron chi connectivity index (χ3n) is 3.49. The Hall–Kier alpha value is -1.70. The molecule has 22 heavy (non-hydrogen) atoms. The van der Waals surface area contributed by atoms with Gasteiger partial charge in [0.25, 0.3) is 5.91 Å². The Balaban J connectivity index is 1.86. The Morgan fingerprint density at radius 3 is 2.68 bits per heavy atom. The van der Waals surface area contributed by atoms with E-state index in [4.69, 9.17) is 0 Å². The lowest BCUT2D eigenvalue weighted by molar-refractivity contribution is 0.0946. The summed E-state index contributed by atoms with van der Waals surface area (Å²) in [5.41, 5.74) is 0.258. The van der Waals surface area contributed by atoms with E-state index in [-0.39, 0.29) is 29.1 Å². The van der Waals surface area contributed by atoms with Gasteiger partial charge in [0, 0.05) is 12.6 Å². The molecule has 0 aliphatic carbocycles. The zero-order valence-electron chi connectivity index (χ0n) is 12.9. The first-order chi connectivity index (χ1) is 10.4. The van der Waals surface area contributed by atoms with Crippen LogP contribution in [0.5, 0.6) is 0 Å². The molecule has 8 heteroatoms. The summed E-state index contributed by atoms with van der Waals surface area (Å²) in [5.74, 6) is 1.09. The highest BCUT2D eigenvalue weighted by atomic mass is 32.2. The molecule has 0 radical (unpaired) electrons. The minimum atomic E-state index is -2.93. The van der Waals surface area contributed by atoms with Gasteiger partial charge >= 0.3 is 0 Å². The zero-order valence-corrected chi connectivity index (χ0v) is 13.7. The first kappa shape index (κ1) is 16.7. The van der Waals surface area contributed by atoms with Crippen molar-refractivity contribution in [3.8, 4) is 0 Å².